The van der Waals surface area contributed by atoms with Gasteiger partial charge < -0.3 is 9.84 Å². The third-order valence-electron chi connectivity index (χ3n) is 3.24. The monoisotopic (exact) mass is 369 g/mol. The summed E-state index contributed by atoms with van der Waals surface area (Å²) in [5.41, 5.74) is -0.925. The van der Waals surface area contributed by atoms with Gasteiger partial charge in [0.1, 0.15) is 18.3 Å². The van der Waals surface area contributed by atoms with Gasteiger partial charge in [-0.3, -0.25) is 4.79 Å². The molecule has 2 aromatic rings. The molecule has 0 fully saturated rings. The van der Waals surface area contributed by atoms with Crippen molar-refractivity contribution in [3.63, 3.8) is 0 Å². The average Bonchev–Trinajstić information content (AvgIpc) is 3.02. The largest absolute Gasteiger partial charge is 0.466 e. The number of aromatic nitrogens is 3. The van der Waals surface area contributed by atoms with E-state index in [0.717, 1.165) is 5.56 Å². The molecule has 1 unspecified atom stereocenters. The Balaban J connectivity index is 2.28. The average molecular weight is 370 g/mol. The molecule has 8 heteroatoms. The third-order valence-corrected chi connectivity index (χ3v) is 3.95. The highest BCUT2D eigenvalue weighted by Gasteiger charge is 2.35. The summed E-state index contributed by atoms with van der Waals surface area (Å²) in [5, 5.41) is 15.6. The maximum Gasteiger partial charge on any atom is 0.309 e. The molecule has 0 saturated heterocycles. The van der Waals surface area contributed by atoms with Gasteiger partial charge in [0.05, 0.1) is 24.6 Å². The van der Waals surface area contributed by atoms with E-state index >= 15 is 0 Å². The van der Waals surface area contributed by atoms with Crippen molar-refractivity contribution in [1.29, 1.82) is 0 Å². The summed E-state index contributed by atoms with van der Waals surface area (Å²) in [4.78, 5) is 15.7. The molecule has 0 spiro atoms. The number of ether oxygens (including phenoxy) is 1. The van der Waals surface area contributed by atoms with Crippen LogP contribution in [0.15, 0.2) is 42.0 Å². The van der Waals surface area contributed by atoms with E-state index < -0.39 is 11.6 Å². The van der Waals surface area contributed by atoms with Crippen LogP contribution >= 0.6 is 23.2 Å². The lowest BCUT2D eigenvalue weighted by molar-refractivity contribution is -0.147. The van der Waals surface area contributed by atoms with Gasteiger partial charge in [-0.05, 0) is 30.7 Å². The fourth-order valence-electron chi connectivity index (χ4n) is 2.09. The zero-order valence-corrected chi connectivity index (χ0v) is 14.5. The minimum atomic E-state index is -1.67. The van der Waals surface area contributed by atoms with Crippen molar-refractivity contribution in [2.24, 2.45) is 0 Å². The van der Waals surface area contributed by atoms with Gasteiger partial charge in [-0.15, -0.1) is 0 Å². The molecule has 0 aliphatic carbocycles. The number of aliphatic hydroxyl groups is 1. The quantitative estimate of drug-likeness (QED) is 0.759. The second-order valence-corrected chi connectivity index (χ2v) is 5.99. The molecule has 0 radical (unpaired) electrons. The number of rotatable bonds is 7. The van der Waals surface area contributed by atoms with Crippen molar-refractivity contribution in [2.45, 2.75) is 25.5 Å². The number of halogens is 2. The fourth-order valence-corrected chi connectivity index (χ4v) is 2.47. The predicted octanol–water partition coefficient (Wildman–Crippen LogP) is 2.90. The first-order valence-electron chi connectivity index (χ1n) is 7.26. The van der Waals surface area contributed by atoms with Crippen molar-refractivity contribution in [2.75, 3.05) is 6.61 Å². The van der Waals surface area contributed by atoms with Crippen LogP contribution in [0.1, 0.15) is 18.9 Å². The van der Waals surface area contributed by atoms with Gasteiger partial charge in [0.15, 0.2) is 0 Å². The van der Waals surface area contributed by atoms with E-state index in [4.69, 9.17) is 27.9 Å². The maximum atomic E-state index is 11.9. The van der Waals surface area contributed by atoms with E-state index in [1.165, 1.54) is 17.3 Å². The fraction of sp³-hybridized carbons (Fsp3) is 0.312. The topological polar surface area (TPSA) is 77.2 Å². The first kappa shape index (κ1) is 18.4. The number of carbonyl (C=O) groups excluding carboxylic acids is 1. The lowest BCUT2D eigenvalue weighted by Gasteiger charge is -2.26. The van der Waals surface area contributed by atoms with Gasteiger partial charge in [-0.1, -0.05) is 35.3 Å². The zero-order chi connectivity index (χ0) is 17.6. The SMILES string of the molecule is CCOC(=O)CC(O)(Cn1cncn1)/C(Cl)=C/c1ccc(Cl)cc1. The summed E-state index contributed by atoms with van der Waals surface area (Å²) in [7, 11) is 0. The zero-order valence-electron chi connectivity index (χ0n) is 13.0. The standard InChI is InChI=1S/C16H17Cl2N3O3/c1-2-24-15(22)8-16(23,9-21-11-19-10-20-21)14(18)7-12-3-5-13(17)6-4-12/h3-7,10-11,23H,2,8-9H2,1H3/b14-7-. The Morgan fingerprint density at radius 1 is 1.42 bits per heavy atom. The molecule has 1 atom stereocenters. The number of esters is 1. The molecule has 1 aromatic carbocycles. The van der Waals surface area contributed by atoms with E-state index in [-0.39, 0.29) is 24.6 Å². The first-order valence-corrected chi connectivity index (χ1v) is 8.02. The summed E-state index contributed by atoms with van der Waals surface area (Å²) in [6.45, 7) is 1.88. The Morgan fingerprint density at radius 2 is 2.12 bits per heavy atom. The van der Waals surface area contributed by atoms with Crippen LogP contribution < -0.4 is 0 Å². The molecule has 1 aromatic heterocycles. The molecule has 0 amide bonds. The number of hydrogen-bond donors (Lipinski definition) is 1. The van der Waals surface area contributed by atoms with Gasteiger partial charge >= 0.3 is 5.97 Å². The summed E-state index contributed by atoms with van der Waals surface area (Å²) in [6, 6.07) is 6.93. The van der Waals surface area contributed by atoms with E-state index in [9.17, 15) is 9.90 Å². The van der Waals surface area contributed by atoms with Crippen LogP contribution in [0, 0.1) is 0 Å². The minimum absolute atomic E-state index is 0.0330. The molecule has 6 nitrogen and oxygen atoms in total. The van der Waals surface area contributed by atoms with Crippen LogP contribution in [0.25, 0.3) is 6.08 Å². The molecular weight excluding hydrogens is 353 g/mol. The maximum absolute atomic E-state index is 11.9. The highest BCUT2D eigenvalue weighted by atomic mass is 35.5. The Bertz CT molecular complexity index is 702. The Labute approximate surface area is 149 Å². The van der Waals surface area contributed by atoms with Crippen molar-refractivity contribution < 1.29 is 14.6 Å². The second-order valence-electron chi connectivity index (χ2n) is 5.15. The van der Waals surface area contributed by atoms with E-state index in [2.05, 4.69) is 10.1 Å². The van der Waals surface area contributed by atoms with E-state index in [1.807, 2.05) is 0 Å². The minimum Gasteiger partial charge on any atom is -0.466 e. The van der Waals surface area contributed by atoms with Crippen LogP contribution in [0.5, 0.6) is 0 Å². The van der Waals surface area contributed by atoms with Crippen LogP contribution in [0.4, 0.5) is 0 Å². The summed E-state index contributed by atoms with van der Waals surface area (Å²) >= 11 is 12.2. The van der Waals surface area contributed by atoms with Gasteiger partial charge in [0, 0.05) is 5.02 Å². The van der Waals surface area contributed by atoms with Crippen LogP contribution in [0.3, 0.4) is 0 Å². The lowest BCUT2D eigenvalue weighted by atomic mass is 9.97. The summed E-state index contributed by atoms with van der Waals surface area (Å²) < 4.78 is 6.33. The normalized spacial score (nSPS) is 14.2. The Kier molecular flexibility index (Phi) is 6.36. The molecule has 24 heavy (non-hydrogen) atoms. The summed E-state index contributed by atoms with van der Waals surface area (Å²) in [6.07, 6.45) is 4.04. The van der Waals surface area contributed by atoms with Gasteiger partial charge in [0.25, 0.3) is 0 Å². The Hall–Kier alpha value is -1.89. The van der Waals surface area contributed by atoms with Crippen LogP contribution in [-0.4, -0.2) is 38.0 Å². The third kappa shape index (κ3) is 5.06. The molecule has 0 saturated carbocycles. The van der Waals surface area contributed by atoms with Crippen LogP contribution in [-0.2, 0) is 16.1 Å². The second kappa shape index (κ2) is 8.28. The molecule has 0 aliphatic rings. The van der Waals surface area contributed by atoms with E-state index in [1.54, 1.807) is 37.3 Å². The smallest absolute Gasteiger partial charge is 0.309 e. The highest BCUT2D eigenvalue weighted by molar-refractivity contribution is 6.33. The number of hydrogen-bond acceptors (Lipinski definition) is 5. The van der Waals surface area contributed by atoms with Gasteiger partial charge in [-0.25, -0.2) is 9.67 Å². The molecule has 0 bridgehead atoms. The molecular formula is C16H17Cl2N3O3. The van der Waals surface area contributed by atoms with Crippen LogP contribution in [0.2, 0.25) is 5.02 Å². The molecule has 1 heterocycles. The van der Waals surface area contributed by atoms with Crippen molar-refractivity contribution >= 4 is 35.2 Å². The van der Waals surface area contributed by atoms with Crippen molar-refractivity contribution in [1.82, 2.24) is 14.8 Å². The molecule has 2 rings (SSSR count). The first-order chi connectivity index (χ1) is 11.4. The number of carbonyl (C=O) groups is 1. The number of benzene rings is 1. The van der Waals surface area contributed by atoms with Crippen molar-refractivity contribution in [3.05, 3.63) is 52.5 Å². The summed E-state index contributed by atoms with van der Waals surface area (Å²) in [5.74, 6) is -0.553. The Morgan fingerprint density at radius 3 is 2.71 bits per heavy atom. The van der Waals surface area contributed by atoms with Gasteiger partial charge in [0.2, 0.25) is 0 Å². The molecule has 128 valence electrons. The van der Waals surface area contributed by atoms with E-state index in [0.29, 0.717) is 5.02 Å². The van der Waals surface area contributed by atoms with Gasteiger partial charge in [-0.2, -0.15) is 5.10 Å². The van der Waals surface area contributed by atoms with Crippen molar-refractivity contribution in [3.8, 4) is 0 Å². The molecule has 1 N–H and O–H groups in total. The number of nitrogens with zero attached hydrogens (tertiary/aromatic N) is 3. The lowest BCUT2D eigenvalue weighted by Crippen LogP contribution is -2.38. The highest BCUT2D eigenvalue weighted by Crippen LogP contribution is 2.29. The predicted molar refractivity (Wildman–Crippen MR) is 91.5 cm³/mol. The molecule has 0 aliphatic heterocycles.